The molecule has 94 valence electrons. The maximum atomic E-state index is 13.5. The van der Waals surface area contributed by atoms with E-state index in [1.807, 2.05) is 0 Å². The van der Waals surface area contributed by atoms with E-state index in [0.717, 1.165) is 0 Å². The molecule has 2 rings (SSSR count). The number of hydrogen-bond acceptors (Lipinski definition) is 1. The van der Waals surface area contributed by atoms with Gasteiger partial charge < -0.3 is 0 Å². The van der Waals surface area contributed by atoms with Crippen molar-refractivity contribution in [2.75, 3.05) is 0 Å². The maximum absolute atomic E-state index is 13.5. The highest BCUT2D eigenvalue weighted by atomic mass is 35.5. The Kier molecular flexibility index (Phi) is 4.49. The van der Waals surface area contributed by atoms with Crippen LogP contribution < -0.4 is 0 Å². The molecule has 0 saturated carbocycles. The molecule has 5 heteroatoms. The minimum absolute atomic E-state index is 0.0806. The fraction of sp³-hybridized carbons (Fsp3) is 0.0769. The monoisotopic (exact) mass is 304 g/mol. The molecule has 0 aliphatic carbocycles. The van der Waals surface area contributed by atoms with E-state index in [1.54, 1.807) is 18.2 Å². The van der Waals surface area contributed by atoms with Crippen molar-refractivity contribution >= 4 is 35.0 Å². The van der Waals surface area contributed by atoms with Crippen molar-refractivity contribution in [3.63, 3.8) is 0 Å². The van der Waals surface area contributed by atoms with E-state index in [-0.39, 0.29) is 10.8 Å². The third kappa shape index (κ3) is 3.37. The lowest BCUT2D eigenvalue weighted by atomic mass is 10.2. The number of halogens is 4. The van der Waals surface area contributed by atoms with Gasteiger partial charge in [0.2, 0.25) is 0 Å². The van der Waals surface area contributed by atoms with E-state index in [9.17, 15) is 8.78 Å². The van der Waals surface area contributed by atoms with Crippen LogP contribution in [-0.2, 0) is 5.75 Å². The molecule has 0 saturated heterocycles. The molecule has 0 atom stereocenters. The quantitative estimate of drug-likeness (QED) is 0.669. The van der Waals surface area contributed by atoms with Gasteiger partial charge in [-0.25, -0.2) is 8.78 Å². The number of benzene rings is 2. The molecule has 0 radical (unpaired) electrons. The molecular weight excluding hydrogens is 297 g/mol. The Morgan fingerprint density at radius 1 is 0.944 bits per heavy atom. The Hall–Kier alpha value is -0.770. The summed E-state index contributed by atoms with van der Waals surface area (Å²) in [5.74, 6) is -0.424. The number of thioether (sulfide) groups is 1. The van der Waals surface area contributed by atoms with Gasteiger partial charge in [-0.05, 0) is 35.9 Å². The van der Waals surface area contributed by atoms with Gasteiger partial charge in [0.05, 0.1) is 5.02 Å². The second kappa shape index (κ2) is 5.91. The predicted octanol–water partition coefficient (Wildman–Crippen LogP) is 5.56. The first-order valence-electron chi connectivity index (χ1n) is 5.08. The Balaban J connectivity index is 2.09. The van der Waals surface area contributed by atoms with Gasteiger partial charge in [0.1, 0.15) is 11.6 Å². The fourth-order valence-corrected chi connectivity index (χ4v) is 2.55. The Morgan fingerprint density at radius 2 is 1.72 bits per heavy atom. The van der Waals surface area contributed by atoms with Crippen molar-refractivity contribution in [1.82, 2.24) is 0 Å². The molecule has 0 spiro atoms. The van der Waals surface area contributed by atoms with E-state index in [0.29, 0.717) is 21.2 Å². The second-order valence-corrected chi connectivity index (χ2v) is 5.49. The first-order chi connectivity index (χ1) is 8.56. The summed E-state index contributed by atoms with van der Waals surface area (Å²) >= 11 is 12.6. The van der Waals surface area contributed by atoms with E-state index < -0.39 is 5.82 Å². The second-order valence-electron chi connectivity index (χ2n) is 3.60. The van der Waals surface area contributed by atoms with E-state index in [1.165, 1.54) is 30.0 Å². The predicted molar refractivity (Wildman–Crippen MR) is 72.4 cm³/mol. The van der Waals surface area contributed by atoms with Crippen LogP contribution in [0.2, 0.25) is 10.0 Å². The van der Waals surface area contributed by atoms with Crippen molar-refractivity contribution in [2.24, 2.45) is 0 Å². The molecule has 18 heavy (non-hydrogen) atoms. The molecule has 0 amide bonds. The van der Waals surface area contributed by atoms with Crippen LogP contribution in [0.5, 0.6) is 0 Å². The summed E-state index contributed by atoms with van der Waals surface area (Å²) in [7, 11) is 0. The van der Waals surface area contributed by atoms with Gasteiger partial charge in [-0.2, -0.15) is 0 Å². The summed E-state index contributed by atoms with van der Waals surface area (Å²) in [5.41, 5.74) is 0.528. The molecular formula is C13H8Cl2F2S. The standard InChI is InChI=1S/C13H8Cl2F2S/c14-9-2-1-8(12(16)5-9)7-18-10-3-4-11(15)13(17)6-10/h1-6H,7H2. The highest BCUT2D eigenvalue weighted by Gasteiger charge is 2.05. The third-order valence-corrected chi connectivity index (χ3v) is 3.88. The molecule has 0 aromatic heterocycles. The average molecular weight is 305 g/mol. The molecule has 2 aromatic rings. The summed E-state index contributed by atoms with van der Waals surface area (Å²) in [6.45, 7) is 0. The summed E-state index contributed by atoms with van der Waals surface area (Å²) in [6, 6.07) is 9.03. The molecule has 0 aliphatic rings. The highest BCUT2D eigenvalue weighted by molar-refractivity contribution is 7.98. The van der Waals surface area contributed by atoms with Crippen LogP contribution >= 0.6 is 35.0 Å². The van der Waals surface area contributed by atoms with E-state index in [2.05, 4.69) is 0 Å². The molecule has 0 nitrogen and oxygen atoms in total. The zero-order valence-corrected chi connectivity index (χ0v) is 11.4. The smallest absolute Gasteiger partial charge is 0.142 e. The van der Waals surface area contributed by atoms with Crippen LogP contribution in [0.4, 0.5) is 8.78 Å². The molecule has 0 unspecified atom stereocenters. The lowest BCUT2D eigenvalue weighted by Crippen LogP contribution is -1.87. The minimum atomic E-state index is -0.474. The van der Waals surface area contributed by atoms with Crippen LogP contribution in [-0.4, -0.2) is 0 Å². The highest BCUT2D eigenvalue weighted by Crippen LogP contribution is 2.27. The largest absolute Gasteiger partial charge is 0.207 e. The van der Waals surface area contributed by atoms with Gasteiger partial charge >= 0.3 is 0 Å². The van der Waals surface area contributed by atoms with Gasteiger partial charge in [-0.3, -0.25) is 0 Å². The van der Waals surface area contributed by atoms with Gasteiger partial charge in [0, 0.05) is 15.7 Å². The normalized spacial score (nSPS) is 10.7. The maximum Gasteiger partial charge on any atom is 0.142 e. The summed E-state index contributed by atoms with van der Waals surface area (Å²) in [5, 5.41) is 0.441. The van der Waals surface area contributed by atoms with Crippen LogP contribution in [0.1, 0.15) is 5.56 Å². The first kappa shape index (κ1) is 13.7. The van der Waals surface area contributed by atoms with E-state index in [4.69, 9.17) is 23.2 Å². The molecule has 2 aromatic carbocycles. The van der Waals surface area contributed by atoms with Gasteiger partial charge in [-0.15, -0.1) is 11.8 Å². The van der Waals surface area contributed by atoms with Crippen LogP contribution in [0.3, 0.4) is 0 Å². The SMILES string of the molecule is Fc1cc(SCc2ccc(Cl)cc2F)ccc1Cl. The number of rotatable bonds is 3. The average Bonchev–Trinajstić information content (AvgIpc) is 2.32. The summed E-state index contributed by atoms with van der Waals surface area (Å²) < 4.78 is 26.7. The van der Waals surface area contributed by atoms with Crippen molar-refractivity contribution in [3.8, 4) is 0 Å². The van der Waals surface area contributed by atoms with Crippen LogP contribution in [0.25, 0.3) is 0 Å². The lowest BCUT2D eigenvalue weighted by Gasteiger charge is -2.04. The van der Waals surface area contributed by atoms with E-state index >= 15 is 0 Å². The van der Waals surface area contributed by atoms with Crippen molar-refractivity contribution < 1.29 is 8.78 Å². The third-order valence-electron chi connectivity index (χ3n) is 2.30. The topological polar surface area (TPSA) is 0 Å². The van der Waals surface area contributed by atoms with Crippen LogP contribution in [0, 0.1) is 11.6 Å². The van der Waals surface area contributed by atoms with Crippen LogP contribution in [0.15, 0.2) is 41.3 Å². The minimum Gasteiger partial charge on any atom is -0.207 e. The van der Waals surface area contributed by atoms with Gasteiger partial charge in [-0.1, -0.05) is 29.3 Å². The summed E-state index contributed by atoms with van der Waals surface area (Å²) in [4.78, 5) is 0.700. The van der Waals surface area contributed by atoms with Crippen molar-refractivity contribution in [2.45, 2.75) is 10.6 Å². The molecule has 0 aliphatic heterocycles. The molecule has 0 bridgehead atoms. The van der Waals surface area contributed by atoms with Gasteiger partial charge in [0.15, 0.2) is 0 Å². The zero-order chi connectivity index (χ0) is 13.1. The first-order valence-corrected chi connectivity index (χ1v) is 6.82. The lowest BCUT2D eigenvalue weighted by molar-refractivity contribution is 0.617. The zero-order valence-electron chi connectivity index (χ0n) is 9.09. The fourth-order valence-electron chi connectivity index (χ4n) is 1.37. The summed E-state index contributed by atoms with van der Waals surface area (Å²) in [6.07, 6.45) is 0. The molecule has 0 N–H and O–H groups in total. The van der Waals surface area contributed by atoms with Crippen molar-refractivity contribution in [1.29, 1.82) is 0 Å². The Labute approximate surface area is 118 Å². The van der Waals surface area contributed by atoms with Gasteiger partial charge in [0.25, 0.3) is 0 Å². The molecule has 0 heterocycles. The van der Waals surface area contributed by atoms with Crippen molar-refractivity contribution in [3.05, 3.63) is 63.6 Å². The number of hydrogen-bond donors (Lipinski definition) is 0. The Bertz CT molecular complexity index is 573. The Morgan fingerprint density at radius 3 is 2.39 bits per heavy atom. The molecule has 0 fully saturated rings.